The van der Waals surface area contributed by atoms with Crippen molar-refractivity contribution in [3.05, 3.63) is 146 Å². The van der Waals surface area contributed by atoms with Crippen molar-refractivity contribution in [3.8, 4) is 67.9 Å². The molecule has 0 N–H and O–H groups in total. The maximum absolute atomic E-state index is 6.89. The highest BCUT2D eigenvalue weighted by Gasteiger charge is 2.51. The van der Waals surface area contributed by atoms with Crippen LogP contribution in [0.5, 0.6) is 34.5 Å². The summed E-state index contributed by atoms with van der Waals surface area (Å²) in [5.74, 6) is 3.29. The van der Waals surface area contributed by atoms with E-state index in [2.05, 4.69) is 0 Å². The molecule has 6 aromatic rings. The lowest BCUT2D eigenvalue weighted by Crippen LogP contribution is -2.09. The van der Waals surface area contributed by atoms with Crippen LogP contribution in [0.1, 0.15) is 0 Å². The normalized spacial score (nSPS) is 17.5. The smallest absolute Gasteiger partial charge is 0.413 e. The number of hydrogen-bond donors (Lipinski definition) is 0. The van der Waals surface area contributed by atoms with Gasteiger partial charge in [0.2, 0.25) is 0 Å². The summed E-state index contributed by atoms with van der Waals surface area (Å²) in [5.41, 5.74) is 5.05. The average Bonchev–Trinajstić information content (AvgIpc) is 3.38. The number of para-hydroxylation sites is 6. The molecular formula is C36H24N3O6P3. The zero-order chi connectivity index (χ0) is 31.8. The van der Waals surface area contributed by atoms with Crippen LogP contribution in [-0.4, -0.2) is 0 Å². The number of hydrogen-bond acceptors (Lipinski definition) is 9. The van der Waals surface area contributed by atoms with E-state index in [9.17, 15) is 0 Å². The molecule has 0 saturated carbocycles. The quantitative estimate of drug-likeness (QED) is 0.148. The van der Waals surface area contributed by atoms with Gasteiger partial charge in [0.1, 0.15) is 34.5 Å². The summed E-state index contributed by atoms with van der Waals surface area (Å²) in [5, 5.41) is 0. The molecular weight excluding hydrogens is 663 g/mol. The molecule has 4 aliphatic heterocycles. The summed E-state index contributed by atoms with van der Waals surface area (Å²) in [6.45, 7) is 0. The Morgan fingerprint density at radius 2 is 0.417 bits per heavy atom. The van der Waals surface area contributed by atoms with Crippen LogP contribution >= 0.6 is 23.0 Å². The van der Waals surface area contributed by atoms with Crippen molar-refractivity contribution in [2.24, 2.45) is 13.5 Å². The Morgan fingerprint density at radius 1 is 0.250 bits per heavy atom. The highest BCUT2D eigenvalue weighted by Crippen LogP contribution is 2.80. The zero-order valence-electron chi connectivity index (χ0n) is 25.0. The highest BCUT2D eigenvalue weighted by atomic mass is 31.3. The fraction of sp³-hybridized carbons (Fsp3) is 0. The average molecular weight is 688 g/mol. The lowest BCUT2D eigenvalue weighted by atomic mass is 10.0. The topological polar surface area (TPSA) is 92.5 Å². The van der Waals surface area contributed by atoms with Crippen molar-refractivity contribution in [2.45, 2.75) is 0 Å². The van der Waals surface area contributed by atoms with Gasteiger partial charge in [-0.2, -0.15) is 0 Å². The van der Waals surface area contributed by atoms with Gasteiger partial charge in [0, 0.05) is 33.4 Å². The molecule has 0 radical (unpaired) electrons. The molecule has 0 fully saturated rings. The van der Waals surface area contributed by atoms with E-state index in [1.807, 2.05) is 146 Å². The van der Waals surface area contributed by atoms with E-state index in [4.69, 9.17) is 40.7 Å². The SMILES string of the molecule is c1ccc2c(c1)OP1(=NP3(=NP4(=N1)Oc1ccccc1-c1ccccc1O4)Oc1ccccc1-c1ccccc1O3)Oc1ccccc1-2. The number of rotatable bonds is 0. The van der Waals surface area contributed by atoms with Crippen molar-refractivity contribution in [1.29, 1.82) is 0 Å². The van der Waals surface area contributed by atoms with Crippen molar-refractivity contribution >= 4 is 23.0 Å². The number of fused-ring (bicyclic) bond motifs is 9. The number of benzene rings is 6. The van der Waals surface area contributed by atoms with Gasteiger partial charge >= 0.3 is 23.0 Å². The van der Waals surface area contributed by atoms with Crippen LogP contribution in [0.15, 0.2) is 159 Å². The Hall–Kier alpha value is -5.19. The van der Waals surface area contributed by atoms with Crippen LogP contribution in [0.25, 0.3) is 33.4 Å². The van der Waals surface area contributed by atoms with Gasteiger partial charge in [0.05, 0.1) is 0 Å². The third-order valence-corrected chi connectivity index (χ3v) is 16.2. The Morgan fingerprint density at radius 3 is 0.604 bits per heavy atom. The Kier molecular flexibility index (Phi) is 6.04. The minimum absolute atomic E-state index is 0.549. The molecule has 0 amide bonds. The first kappa shape index (κ1) is 27.9. The predicted molar refractivity (Wildman–Crippen MR) is 187 cm³/mol. The second-order valence-corrected chi connectivity index (χ2v) is 17.5. The van der Waals surface area contributed by atoms with Crippen LogP contribution in [-0.2, 0) is 0 Å². The second-order valence-electron chi connectivity index (χ2n) is 11.3. The molecule has 9 nitrogen and oxygen atoms in total. The molecule has 4 aliphatic rings. The van der Waals surface area contributed by atoms with Crippen LogP contribution in [0.4, 0.5) is 0 Å². The molecule has 0 atom stereocenters. The Balaban J connectivity index is 1.31. The van der Waals surface area contributed by atoms with E-state index in [1.54, 1.807) is 0 Å². The number of nitrogens with zero attached hydrogens (tertiary/aromatic N) is 3. The maximum Gasteiger partial charge on any atom is 0.460 e. The van der Waals surface area contributed by atoms with Gasteiger partial charge in [-0.1, -0.05) is 123 Å². The molecule has 0 saturated heterocycles. The van der Waals surface area contributed by atoms with Crippen molar-refractivity contribution in [3.63, 3.8) is 0 Å². The Bertz CT molecular complexity index is 2060. The molecule has 12 heteroatoms. The van der Waals surface area contributed by atoms with Crippen molar-refractivity contribution in [2.75, 3.05) is 0 Å². The van der Waals surface area contributed by atoms with Gasteiger partial charge in [0.15, 0.2) is 0 Å². The lowest BCUT2D eigenvalue weighted by Gasteiger charge is -2.31. The Labute approximate surface area is 276 Å². The first-order valence-corrected chi connectivity index (χ1v) is 19.8. The third-order valence-electron chi connectivity index (χ3n) is 8.17. The summed E-state index contributed by atoms with van der Waals surface area (Å²) in [6, 6.07) is 46.4. The van der Waals surface area contributed by atoms with Crippen LogP contribution in [0.3, 0.4) is 0 Å². The minimum atomic E-state index is -3.79. The maximum atomic E-state index is 6.89. The molecule has 48 heavy (non-hydrogen) atoms. The lowest BCUT2D eigenvalue weighted by molar-refractivity contribution is 0.451. The molecule has 10 rings (SSSR count). The van der Waals surface area contributed by atoms with Crippen LogP contribution < -0.4 is 27.1 Å². The predicted octanol–water partition coefficient (Wildman–Crippen LogP) is 12.3. The largest absolute Gasteiger partial charge is 0.460 e. The van der Waals surface area contributed by atoms with Gasteiger partial charge in [0.25, 0.3) is 0 Å². The van der Waals surface area contributed by atoms with Gasteiger partial charge < -0.3 is 27.1 Å². The summed E-state index contributed by atoms with van der Waals surface area (Å²) in [6.07, 6.45) is 0. The van der Waals surface area contributed by atoms with E-state index in [-0.39, 0.29) is 0 Å². The molecule has 4 heterocycles. The summed E-state index contributed by atoms with van der Waals surface area (Å²) in [7, 11) is -11.4. The van der Waals surface area contributed by atoms with E-state index in [0.717, 1.165) is 33.4 Å². The third kappa shape index (κ3) is 4.43. The fourth-order valence-electron chi connectivity index (χ4n) is 6.14. The monoisotopic (exact) mass is 687 g/mol. The first-order chi connectivity index (χ1) is 23.6. The molecule has 234 valence electrons. The van der Waals surface area contributed by atoms with Gasteiger partial charge in [-0.05, 0) is 36.4 Å². The molecule has 3 spiro atoms. The first-order valence-electron chi connectivity index (χ1n) is 15.2. The second kappa shape index (κ2) is 10.4. The van der Waals surface area contributed by atoms with Gasteiger partial charge in [-0.15, -0.1) is 0 Å². The van der Waals surface area contributed by atoms with Crippen molar-refractivity contribution < 1.29 is 27.1 Å². The van der Waals surface area contributed by atoms with E-state index >= 15 is 0 Å². The summed E-state index contributed by atoms with van der Waals surface area (Å²) >= 11 is 0. The summed E-state index contributed by atoms with van der Waals surface area (Å²) < 4.78 is 57.0. The summed E-state index contributed by atoms with van der Waals surface area (Å²) in [4.78, 5) is 0. The molecule has 6 aromatic carbocycles. The fourth-order valence-corrected chi connectivity index (χ4v) is 15.3. The molecule has 0 aliphatic carbocycles. The minimum Gasteiger partial charge on any atom is -0.413 e. The van der Waals surface area contributed by atoms with Crippen LogP contribution in [0.2, 0.25) is 0 Å². The van der Waals surface area contributed by atoms with E-state index in [0.29, 0.717) is 34.5 Å². The molecule has 0 unspecified atom stereocenters. The van der Waals surface area contributed by atoms with Gasteiger partial charge in [-0.25, -0.2) is 0 Å². The van der Waals surface area contributed by atoms with E-state index < -0.39 is 23.0 Å². The highest BCUT2D eigenvalue weighted by molar-refractivity contribution is 7.79. The molecule has 0 aromatic heterocycles. The van der Waals surface area contributed by atoms with Crippen molar-refractivity contribution in [1.82, 2.24) is 0 Å². The van der Waals surface area contributed by atoms with Gasteiger partial charge in [-0.3, -0.25) is 0 Å². The zero-order valence-corrected chi connectivity index (χ0v) is 27.7. The van der Waals surface area contributed by atoms with E-state index in [1.165, 1.54) is 0 Å². The standard InChI is InChI=1S/C36H24N3O6P3/c1-7-19-31-25(13-1)26-14-2-8-20-32(26)41-46(40-31)37-47(42-33-21-9-3-15-27(33)28-16-4-10-22-34(28)43-47)39-48(38-46)44-35-23-11-5-17-29(35)30-18-6-12-24-36(30)45-48/h1-24H. The molecule has 0 bridgehead atoms. The van der Waals surface area contributed by atoms with Crippen LogP contribution in [0, 0.1) is 0 Å².